The Morgan fingerprint density at radius 3 is 2.63 bits per heavy atom. The van der Waals surface area contributed by atoms with E-state index in [1.807, 2.05) is 38.4 Å². The molecule has 1 N–H and O–H groups in total. The average Bonchev–Trinajstić information content (AvgIpc) is 2.85. The summed E-state index contributed by atoms with van der Waals surface area (Å²) in [6.07, 6.45) is 0. The molecule has 5 heteroatoms. The van der Waals surface area contributed by atoms with Gasteiger partial charge in [0.05, 0.1) is 6.54 Å². The van der Waals surface area contributed by atoms with Crippen molar-refractivity contribution in [1.82, 2.24) is 20.4 Å². The Labute approximate surface area is 113 Å². The van der Waals surface area contributed by atoms with E-state index < -0.39 is 0 Å². The molecule has 2 rings (SSSR count). The Hall–Kier alpha value is -1.72. The first kappa shape index (κ1) is 13.7. The molecule has 0 spiro atoms. The number of likely N-dealkylation sites (N-methyl/N-ethyl adjacent to an activating group) is 2. The van der Waals surface area contributed by atoms with Crippen LogP contribution in [0.4, 0.5) is 0 Å². The Morgan fingerprint density at radius 2 is 1.95 bits per heavy atom. The number of hydrogen-bond acceptors (Lipinski definition) is 5. The van der Waals surface area contributed by atoms with Crippen molar-refractivity contribution in [3.05, 3.63) is 35.7 Å². The monoisotopic (exact) mass is 260 g/mol. The first-order valence-corrected chi connectivity index (χ1v) is 6.41. The largest absolute Gasteiger partial charge is 0.419 e. The molecule has 0 saturated heterocycles. The third kappa shape index (κ3) is 3.87. The minimum Gasteiger partial charge on any atom is -0.419 e. The number of nitrogens with one attached hydrogen (secondary N) is 1. The third-order valence-corrected chi connectivity index (χ3v) is 2.91. The summed E-state index contributed by atoms with van der Waals surface area (Å²) in [4.78, 5) is 2.14. The van der Waals surface area contributed by atoms with Crippen LogP contribution in [-0.2, 0) is 6.54 Å². The molecule has 0 aliphatic carbocycles. The molecule has 0 aliphatic heterocycles. The summed E-state index contributed by atoms with van der Waals surface area (Å²) in [5, 5.41) is 11.3. The van der Waals surface area contributed by atoms with Crippen LogP contribution in [-0.4, -0.2) is 42.3 Å². The summed E-state index contributed by atoms with van der Waals surface area (Å²) in [5.41, 5.74) is 2.18. The molecule has 1 aromatic heterocycles. The van der Waals surface area contributed by atoms with Crippen LogP contribution in [0.5, 0.6) is 0 Å². The molecule has 0 unspecified atom stereocenters. The summed E-state index contributed by atoms with van der Waals surface area (Å²) in [6.45, 7) is 4.61. The summed E-state index contributed by atoms with van der Waals surface area (Å²) >= 11 is 0. The lowest BCUT2D eigenvalue weighted by molar-refractivity contribution is 0.291. The molecule has 1 heterocycles. The number of rotatable bonds is 6. The van der Waals surface area contributed by atoms with E-state index >= 15 is 0 Å². The molecular formula is C14H20N4O. The van der Waals surface area contributed by atoms with Gasteiger partial charge in [0.15, 0.2) is 0 Å². The Bertz CT molecular complexity index is 506. The molecule has 0 radical (unpaired) electrons. The van der Waals surface area contributed by atoms with Crippen LogP contribution in [0.1, 0.15) is 11.5 Å². The maximum absolute atomic E-state index is 5.68. The van der Waals surface area contributed by atoms with Gasteiger partial charge in [-0.05, 0) is 33.2 Å². The second kappa shape index (κ2) is 6.45. The van der Waals surface area contributed by atoms with Gasteiger partial charge in [-0.1, -0.05) is 17.7 Å². The fourth-order valence-electron chi connectivity index (χ4n) is 1.74. The van der Waals surface area contributed by atoms with Crippen molar-refractivity contribution in [2.75, 3.05) is 27.2 Å². The number of aromatic nitrogens is 2. The molecule has 1 aromatic carbocycles. The predicted octanol–water partition coefficient (Wildman–Crippen LogP) is 1.70. The van der Waals surface area contributed by atoms with Gasteiger partial charge in [-0.2, -0.15) is 0 Å². The van der Waals surface area contributed by atoms with Crippen molar-refractivity contribution in [3.8, 4) is 11.5 Å². The summed E-state index contributed by atoms with van der Waals surface area (Å²) in [7, 11) is 3.98. The van der Waals surface area contributed by atoms with Crippen LogP contribution >= 0.6 is 0 Å². The Morgan fingerprint density at radius 1 is 1.21 bits per heavy atom. The van der Waals surface area contributed by atoms with E-state index in [-0.39, 0.29) is 0 Å². The van der Waals surface area contributed by atoms with Gasteiger partial charge in [-0.25, -0.2) is 0 Å². The lowest BCUT2D eigenvalue weighted by Gasteiger charge is -2.13. The highest BCUT2D eigenvalue weighted by Gasteiger charge is 2.10. The third-order valence-electron chi connectivity index (χ3n) is 2.91. The summed E-state index contributed by atoms with van der Waals surface area (Å²) < 4.78 is 5.68. The molecule has 0 aliphatic rings. The number of hydrogen-bond donors (Lipinski definition) is 1. The van der Waals surface area contributed by atoms with E-state index in [4.69, 9.17) is 4.42 Å². The average molecular weight is 260 g/mol. The zero-order chi connectivity index (χ0) is 13.7. The molecule has 102 valence electrons. The van der Waals surface area contributed by atoms with Crippen molar-refractivity contribution < 1.29 is 4.42 Å². The Balaban J connectivity index is 2.00. The normalized spacial score (nSPS) is 11.2. The van der Waals surface area contributed by atoms with Gasteiger partial charge in [0, 0.05) is 18.7 Å². The van der Waals surface area contributed by atoms with Gasteiger partial charge in [-0.15, -0.1) is 10.2 Å². The van der Waals surface area contributed by atoms with E-state index in [0.29, 0.717) is 18.3 Å². The number of aryl methyl sites for hydroxylation is 1. The van der Waals surface area contributed by atoms with Crippen molar-refractivity contribution >= 4 is 0 Å². The molecule has 19 heavy (non-hydrogen) atoms. The van der Waals surface area contributed by atoms with Crippen molar-refractivity contribution in [1.29, 1.82) is 0 Å². The first-order chi connectivity index (χ1) is 9.19. The second-order valence-corrected chi connectivity index (χ2v) is 4.71. The zero-order valence-electron chi connectivity index (χ0n) is 11.7. The van der Waals surface area contributed by atoms with Gasteiger partial charge in [-0.3, -0.25) is 4.90 Å². The smallest absolute Gasteiger partial charge is 0.247 e. The second-order valence-electron chi connectivity index (χ2n) is 4.71. The lowest BCUT2D eigenvalue weighted by atomic mass is 10.1. The fourth-order valence-corrected chi connectivity index (χ4v) is 1.74. The molecule has 0 saturated carbocycles. The Kier molecular flexibility index (Phi) is 4.65. The van der Waals surface area contributed by atoms with Crippen LogP contribution in [0.2, 0.25) is 0 Å². The van der Waals surface area contributed by atoms with Crippen LogP contribution in [0.15, 0.2) is 28.7 Å². The van der Waals surface area contributed by atoms with Gasteiger partial charge < -0.3 is 9.73 Å². The summed E-state index contributed by atoms with van der Waals surface area (Å²) in [6, 6.07) is 8.07. The molecule has 0 bridgehead atoms. The van der Waals surface area contributed by atoms with Gasteiger partial charge in [0.2, 0.25) is 11.8 Å². The van der Waals surface area contributed by atoms with Crippen LogP contribution in [0.25, 0.3) is 11.5 Å². The molecule has 0 fully saturated rings. The number of benzene rings is 1. The lowest BCUT2D eigenvalue weighted by Crippen LogP contribution is -2.27. The van der Waals surface area contributed by atoms with Crippen molar-refractivity contribution in [2.24, 2.45) is 0 Å². The van der Waals surface area contributed by atoms with Gasteiger partial charge in [0.1, 0.15) is 0 Å². The van der Waals surface area contributed by atoms with E-state index in [2.05, 4.69) is 27.3 Å². The van der Waals surface area contributed by atoms with Crippen LogP contribution < -0.4 is 5.32 Å². The SMILES string of the molecule is CNCCN(C)Cc1nnc(-c2ccc(C)cc2)o1. The maximum Gasteiger partial charge on any atom is 0.247 e. The standard InChI is InChI=1S/C14H20N4O/c1-11-4-6-12(7-5-11)14-17-16-13(19-14)10-18(3)9-8-15-2/h4-7,15H,8-10H2,1-3H3. The highest BCUT2D eigenvalue weighted by atomic mass is 16.4. The van der Waals surface area contributed by atoms with E-state index in [1.54, 1.807) is 0 Å². The first-order valence-electron chi connectivity index (χ1n) is 6.41. The van der Waals surface area contributed by atoms with Gasteiger partial charge >= 0.3 is 0 Å². The quantitative estimate of drug-likeness (QED) is 0.856. The molecular weight excluding hydrogens is 240 g/mol. The van der Waals surface area contributed by atoms with Crippen molar-refractivity contribution in [2.45, 2.75) is 13.5 Å². The summed E-state index contributed by atoms with van der Waals surface area (Å²) in [5.74, 6) is 1.23. The molecule has 0 atom stereocenters. The zero-order valence-corrected chi connectivity index (χ0v) is 11.7. The van der Waals surface area contributed by atoms with Crippen LogP contribution in [0, 0.1) is 6.92 Å². The molecule has 2 aromatic rings. The van der Waals surface area contributed by atoms with Crippen molar-refractivity contribution in [3.63, 3.8) is 0 Å². The van der Waals surface area contributed by atoms with E-state index in [0.717, 1.165) is 18.7 Å². The molecule has 0 amide bonds. The number of nitrogens with zero attached hydrogens (tertiary/aromatic N) is 3. The fraction of sp³-hybridized carbons (Fsp3) is 0.429. The van der Waals surface area contributed by atoms with E-state index in [1.165, 1.54) is 5.56 Å². The predicted molar refractivity (Wildman–Crippen MR) is 74.7 cm³/mol. The molecule has 5 nitrogen and oxygen atoms in total. The highest BCUT2D eigenvalue weighted by molar-refractivity contribution is 5.52. The van der Waals surface area contributed by atoms with Gasteiger partial charge in [0.25, 0.3) is 0 Å². The van der Waals surface area contributed by atoms with E-state index in [9.17, 15) is 0 Å². The van der Waals surface area contributed by atoms with Crippen LogP contribution in [0.3, 0.4) is 0 Å². The topological polar surface area (TPSA) is 54.2 Å². The minimum atomic E-state index is 0.581. The minimum absolute atomic E-state index is 0.581. The maximum atomic E-state index is 5.68. The highest BCUT2D eigenvalue weighted by Crippen LogP contribution is 2.18.